The largest absolute Gasteiger partial charge is 0.477 e. The smallest absolute Gasteiger partial charge is 0.341 e. The van der Waals surface area contributed by atoms with Crippen LogP contribution < -0.4 is 5.32 Å². The molecule has 0 atom stereocenters. The van der Waals surface area contributed by atoms with Gasteiger partial charge in [-0.3, -0.25) is 0 Å². The van der Waals surface area contributed by atoms with Crippen LogP contribution in [-0.2, 0) is 6.42 Å². The lowest BCUT2D eigenvalue weighted by Crippen LogP contribution is -2.12. The average Bonchev–Trinajstić information content (AvgIpc) is 2.41. The molecular weight excluding hydrogens is 249 g/mol. The molecule has 6 heteroatoms. The molecule has 0 fully saturated rings. The predicted octanol–water partition coefficient (Wildman–Crippen LogP) is 1.97. The molecule has 2 aromatic rings. The van der Waals surface area contributed by atoms with Crippen LogP contribution in [0.15, 0.2) is 36.8 Å². The lowest BCUT2D eigenvalue weighted by atomic mass is 10.1. The summed E-state index contributed by atoms with van der Waals surface area (Å²) in [7, 11) is 0. The standard InChI is InChI=1S/C13H12FN3O2/c14-11-4-2-1-3-9(11)5-6-16-12-10(13(18)19)7-15-8-17-12/h1-4,7-8H,5-6H2,(H,18,19)(H,15,16,17). The van der Waals surface area contributed by atoms with Gasteiger partial charge in [0.05, 0.1) is 0 Å². The molecular formula is C13H12FN3O2. The van der Waals surface area contributed by atoms with E-state index in [0.29, 0.717) is 18.5 Å². The number of hydrogen-bond acceptors (Lipinski definition) is 4. The van der Waals surface area contributed by atoms with E-state index < -0.39 is 5.97 Å². The van der Waals surface area contributed by atoms with Gasteiger partial charge in [-0.05, 0) is 18.1 Å². The summed E-state index contributed by atoms with van der Waals surface area (Å²) in [5, 5.41) is 11.8. The zero-order valence-corrected chi connectivity index (χ0v) is 10.0. The van der Waals surface area contributed by atoms with Gasteiger partial charge < -0.3 is 10.4 Å². The molecule has 0 aliphatic carbocycles. The molecule has 19 heavy (non-hydrogen) atoms. The minimum atomic E-state index is -1.10. The number of carboxylic acid groups (broad SMARTS) is 1. The first-order valence-electron chi connectivity index (χ1n) is 5.69. The van der Waals surface area contributed by atoms with E-state index in [1.807, 2.05) is 0 Å². The molecule has 5 nitrogen and oxygen atoms in total. The monoisotopic (exact) mass is 261 g/mol. The second kappa shape index (κ2) is 5.90. The molecule has 0 spiro atoms. The van der Waals surface area contributed by atoms with Crippen LogP contribution in [0.5, 0.6) is 0 Å². The van der Waals surface area contributed by atoms with Crippen LogP contribution in [0.2, 0.25) is 0 Å². The van der Waals surface area contributed by atoms with Crippen LogP contribution in [-0.4, -0.2) is 27.6 Å². The Morgan fingerprint density at radius 2 is 2.16 bits per heavy atom. The number of nitrogens with one attached hydrogen (secondary N) is 1. The van der Waals surface area contributed by atoms with Gasteiger partial charge in [0.2, 0.25) is 0 Å². The quantitative estimate of drug-likeness (QED) is 0.860. The van der Waals surface area contributed by atoms with Crippen molar-refractivity contribution in [2.24, 2.45) is 0 Å². The van der Waals surface area contributed by atoms with Gasteiger partial charge >= 0.3 is 5.97 Å². The maximum atomic E-state index is 13.4. The molecule has 98 valence electrons. The highest BCUT2D eigenvalue weighted by Gasteiger charge is 2.10. The van der Waals surface area contributed by atoms with Crippen LogP contribution in [0.4, 0.5) is 10.2 Å². The number of rotatable bonds is 5. The summed E-state index contributed by atoms with van der Waals surface area (Å²) < 4.78 is 13.4. The van der Waals surface area contributed by atoms with Gasteiger partial charge in [-0.2, -0.15) is 0 Å². The van der Waals surface area contributed by atoms with E-state index in [0.717, 1.165) is 0 Å². The van der Waals surface area contributed by atoms with Crippen molar-refractivity contribution in [1.82, 2.24) is 9.97 Å². The van der Waals surface area contributed by atoms with Crippen LogP contribution in [0.3, 0.4) is 0 Å². The van der Waals surface area contributed by atoms with Gasteiger partial charge in [-0.1, -0.05) is 18.2 Å². The van der Waals surface area contributed by atoms with Gasteiger partial charge in [0.15, 0.2) is 0 Å². The topological polar surface area (TPSA) is 75.1 Å². The Morgan fingerprint density at radius 3 is 2.89 bits per heavy atom. The molecule has 1 aromatic carbocycles. The number of nitrogens with zero attached hydrogens (tertiary/aromatic N) is 2. The van der Waals surface area contributed by atoms with Crippen molar-refractivity contribution in [1.29, 1.82) is 0 Å². The van der Waals surface area contributed by atoms with Gasteiger partial charge in [0.1, 0.15) is 23.5 Å². The van der Waals surface area contributed by atoms with Gasteiger partial charge in [0.25, 0.3) is 0 Å². The summed E-state index contributed by atoms with van der Waals surface area (Å²) in [6, 6.07) is 6.46. The Morgan fingerprint density at radius 1 is 1.37 bits per heavy atom. The minimum Gasteiger partial charge on any atom is -0.477 e. The zero-order valence-electron chi connectivity index (χ0n) is 10.0. The molecule has 0 bridgehead atoms. The number of hydrogen-bond donors (Lipinski definition) is 2. The second-order valence-corrected chi connectivity index (χ2v) is 3.86. The van der Waals surface area contributed by atoms with E-state index in [2.05, 4.69) is 15.3 Å². The average molecular weight is 261 g/mol. The third-order valence-electron chi connectivity index (χ3n) is 2.59. The second-order valence-electron chi connectivity index (χ2n) is 3.86. The Hall–Kier alpha value is -2.50. The summed E-state index contributed by atoms with van der Waals surface area (Å²) in [5.74, 6) is -1.14. The van der Waals surface area contributed by atoms with Crippen molar-refractivity contribution in [2.75, 3.05) is 11.9 Å². The van der Waals surface area contributed by atoms with Crippen molar-refractivity contribution in [3.63, 3.8) is 0 Å². The molecule has 0 aliphatic heterocycles. The van der Waals surface area contributed by atoms with Crippen LogP contribution in [0.25, 0.3) is 0 Å². The van der Waals surface area contributed by atoms with Crippen LogP contribution in [0, 0.1) is 5.82 Å². The van der Waals surface area contributed by atoms with E-state index in [1.165, 1.54) is 18.6 Å². The molecule has 0 radical (unpaired) electrons. The summed E-state index contributed by atoms with van der Waals surface area (Å²) >= 11 is 0. The molecule has 0 unspecified atom stereocenters. The SMILES string of the molecule is O=C(O)c1cncnc1NCCc1ccccc1F. The Labute approximate surface area is 109 Å². The van der Waals surface area contributed by atoms with Crippen molar-refractivity contribution in [3.8, 4) is 0 Å². The van der Waals surface area contributed by atoms with E-state index >= 15 is 0 Å². The molecule has 1 heterocycles. The van der Waals surface area contributed by atoms with Crippen LogP contribution >= 0.6 is 0 Å². The van der Waals surface area contributed by atoms with Crippen molar-refractivity contribution in [2.45, 2.75) is 6.42 Å². The van der Waals surface area contributed by atoms with E-state index in [9.17, 15) is 9.18 Å². The third-order valence-corrected chi connectivity index (χ3v) is 2.59. The Kier molecular flexibility index (Phi) is 4.02. The van der Waals surface area contributed by atoms with E-state index in [4.69, 9.17) is 5.11 Å². The number of aromatic carboxylic acids is 1. The van der Waals surface area contributed by atoms with Crippen molar-refractivity contribution >= 4 is 11.8 Å². The molecule has 0 amide bonds. The summed E-state index contributed by atoms with van der Waals surface area (Å²) in [5.41, 5.74) is 0.567. The summed E-state index contributed by atoms with van der Waals surface area (Å²) in [6.45, 7) is 0.387. The number of carbonyl (C=O) groups is 1. The molecule has 2 N–H and O–H groups in total. The van der Waals surface area contributed by atoms with Gasteiger partial charge in [0, 0.05) is 12.7 Å². The minimum absolute atomic E-state index is 0.00367. The fourth-order valence-corrected chi connectivity index (χ4v) is 1.64. The highest BCUT2D eigenvalue weighted by molar-refractivity contribution is 5.92. The molecule has 0 saturated heterocycles. The number of aromatic nitrogens is 2. The lowest BCUT2D eigenvalue weighted by molar-refractivity contribution is 0.0697. The number of anilines is 1. The van der Waals surface area contributed by atoms with E-state index in [1.54, 1.807) is 18.2 Å². The van der Waals surface area contributed by atoms with Crippen molar-refractivity contribution in [3.05, 3.63) is 53.7 Å². The normalized spacial score (nSPS) is 10.2. The fraction of sp³-hybridized carbons (Fsp3) is 0.154. The first-order valence-corrected chi connectivity index (χ1v) is 5.69. The van der Waals surface area contributed by atoms with Gasteiger partial charge in [-0.25, -0.2) is 19.2 Å². The number of halogens is 1. The fourth-order valence-electron chi connectivity index (χ4n) is 1.64. The summed E-state index contributed by atoms with van der Waals surface area (Å²) in [6.07, 6.45) is 2.92. The molecule has 1 aromatic heterocycles. The first kappa shape index (κ1) is 12.9. The summed E-state index contributed by atoms with van der Waals surface area (Å²) in [4.78, 5) is 18.4. The number of carboxylic acids is 1. The highest BCUT2D eigenvalue weighted by atomic mass is 19.1. The first-order chi connectivity index (χ1) is 9.18. The Bertz CT molecular complexity index is 590. The Balaban J connectivity index is 2.00. The number of benzene rings is 1. The van der Waals surface area contributed by atoms with Crippen molar-refractivity contribution < 1.29 is 14.3 Å². The zero-order chi connectivity index (χ0) is 13.7. The maximum Gasteiger partial charge on any atom is 0.341 e. The molecule has 2 rings (SSSR count). The third kappa shape index (κ3) is 3.25. The van der Waals surface area contributed by atoms with E-state index in [-0.39, 0.29) is 17.2 Å². The highest BCUT2D eigenvalue weighted by Crippen LogP contribution is 2.11. The maximum absolute atomic E-state index is 13.4. The van der Waals surface area contributed by atoms with Crippen LogP contribution in [0.1, 0.15) is 15.9 Å². The molecule has 0 aliphatic rings. The van der Waals surface area contributed by atoms with Gasteiger partial charge in [-0.15, -0.1) is 0 Å². The lowest BCUT2D eigenvalue weighted by Gasteiger charge is -2.08. The predicted molar refractivity (Wildman–Crippen MR) is 67.6 cm³/mol. The molecule has 0 saturated carbocycles.